The summed E-state index contributed by atoms with van der Waals surface area (Å²) in [4.78, 5) is 20.7. The van der Waals surface area contributed by atoms with Crippen LogP contribution in [0.3, 0.4) is 0 Å². The summed E-state index contributed by atoms with van der Waals surface area (Å²) in [6, 6.07) is 12.6. The third-order valence-corrected chi connectivity index (χ3v) is 3.97. The lowest BCUT2D eigenvalue weighted by Gasteiger charge is -2.08. The fraction of sp³-hybridized carbons (Fsp3) is 0.150. The van der Waals surface area contributed by atoms with Crippen molar-refractivity contribution in [2.75, 3.05) is 24.0 Å². The first-order valence-electron chi connectivity index (χ1n) is 8.74. The summed E-state index contributed by atoms with van der Waals surface area (Å²) in [5, 5.41) is 5.86. The van der Waals surface area contributed by atoms with Crippen LogP contribution in [0.5, 0.6) is 17.2 Å². The molecular formula is C20H18N4O4. The fourth-order valence-electron chi connectivity index (χ4n) is 2.62. The lowest BCUT2D eigenvalue weighted by molar-refractivity contribution is 0.102. The van der Waals surface area contributed by atoms with Crippen molar-refractivity contribution in [3.63, 3.8) is 0 Å². The molecule has 2 aromatic carbocycles. The van der Waals surface area contributed by atoms with Crippen LogP contribution in [0.2, 0.25) is 0 Å². The largest absolute Gasteiger partial charge is 0.494 e. The van der Waals surface area contributed by atoms with E-state index < -0.39 is 0 Å². The second-order valence-corrected chi connectivity index (χ2v) is 5.90. The van der Waals surface area contributed by atoms with Crippen molar-refractivity contribution in [3.05, 3.63) is 60.4 Å². The van der Waals surface area contributed by atoms with Crippen molar-refractivity contribution in [1.82, 2.24) is 9.97 Å². The number of carbonyl (C=O) groups is 1. The predicted octanol–water partition coefficient (Wildman–Crippen LogP) is 3.60. The van der Waals surface area contributed by atoms with E-state index in [1.807, 2.05) is 19.1 Å². The maximum atomic E-state index is 12.3. The van der Waals surface area contributed by atoms with Gasteiger partial charge in [-0.3, -0.25) is 4.79 Å². The lowest BCUT2D eigenvalue weighted by atomic mass is 10.2. The fourth-order valence-corrected chi connectivity index (χ4v) is 2.62. The zero-order valence-corrected chi connectivity index (χ0v) is 15.1. The van der Waals surface area contributed by atoms with Gasteiger partial charge in [-0.15, -0.1) is 0 Å². The lowest BCUT2D eigenvalue weighted by Crippen LogP contribution is -2.13. The number of nitrogens with zero attached hydrogens (tertiary/aromatic N) is 2. The number of aromatic nitrogens is 2. The summed E-state index contributed by atoms with van der Waals surface area (Å²) >= 11 is 0. The first-order chi connectivity index (χ1) is 13.7. The average Bonchev–Trinajstić information content (AvgIpc) is 3.18. The van der Waals surface area contributed by atoms with Crippen LogP contribution in [-0.2, 0) is 0 Å². The summed E-state index contributed by atoms with van der Waals surface area (Å²) in [6.45, 7) is 2.73. The number of hydrogen-bond donors (Lipinski definition) is 2. The van der Waals surface area contributed by atoms with E-state index in [0.717, 1.165) is 11.4 Å². The van der Waals surface area contributed by atoms with E-state index >= 15 is 0 Å². The highest BCUT2D eigenvalue weighted by atomic mass is 16.7. The molecule has 1 aliphatic heterocycles. The number of fused-ring (bicyclic) bond motifs is 1. The molecule has 0 fully saturated rings. The van der Waals surface area contributed by atoms with Crippen LogP contribution in [0.25, 0.3) is 0 Å². The third-order valence-electron chi connectivity index (χ3n) is 3.97. The predicted molar refractivity (Wildman–Crippen MR) is 103 cm³/mol. The van der Waals surface area contributed by atoms with Gasteiger partial charge in [0.15, 0.2) is 11.5 Å². The number of amides is 1. The third kappa shape index (κ3) is 3.96. The Kier molecular flexibility index (Phi) is 4.92. The molecule has 28 heavy (non-hydrogen) atoms. The number of hydrogen-bond acceptors (Lipinski definition) is 7. The highest BCUT2D eigenvalue weighted by Gasteiger charge is 2.14. The molecule has 2 N–H and O–H groups in total. The minimum absolute atomic E-state index is 0.216. The van der Waals surface area contributed by atoms with Crippen molar-refractivity contribution in [3.8, 4) is 17.2 Å². The van der Waals surface area contributed by atoms with E-state index in [0.29, 0.717) is 35.3 Å². The van der Waals surface area contributed by atoms with Gasteiger partial charge in [-0.05, 0) is 43.3 Å². The molecule has 8 nitrogen and oxygen atoms in total. The molecular weight excluding hydrogens is 360 g/mol. The van der Waals surface area contributed by atoms with Gasteiger partial charge in [0.2, 0.25) is 12.7 Å². The van der Waals surface area contributed by atoms with Gasteiger partial charge in [-0.25, -0.2) is 9.97 Å². The average molecular weight is 378 g/mol. The van der Waals surface area contributed by atoms with Gasteiger partial charge < -0.3 is 24.8 Å². The van der Waals surface area contributed by atoms with Gasteiger partial charge in [0.1, 0.15) is 5.75 Å². The van der Waals surface area contributed by atoms with Crippen molar-refractivity contribution < 1.29 is 19.0 Å². The van der Waals surface area contributed by atoms with Crippen LogP contribution >= 0.6 is 0 Å². The Labute approximate surface area is 161 Å². The Morgan fingerprint density at radius 1 is 1.04 bits per heavy atom. The van der Waals surface area contributed by atoms with E-state index in [1.165, 1.54) is 12.4 Å². The van der Waals surface area contributed by atoms with E-state index in [9.17, 15) is 4.79 Å². The number of ether oxygens (including phenoxy) is 3. The number of benzene rings is 2. The van der Waals surface area contributed by atoms with Crippen molar-refractivity contribution in [1.29, 1.82) is 0 Å². The topological polar surface area (TPSA) is 94.6 Å². The number of carbonyl (C=O) groups excluding carboxylic acids is 1. The summed E-state index contributed by atoms with van der Waals surface area (Å²) in [5.41, 5.74) is 1.77. The molecule has 0 radical (unpaired) electrons. The van der Waals surface area contributed by atoms with Gasteiger partial charge in [-0.1, -0.05) is 0 Å². The van der Waals surface area contributed by atoms with Gasteiger partial charge >= 0.3 is 0 Å². The standard InChI is InChI=1S/C20H18N4O4/c1-2-26-16-6-3-14(4-7-16)23-19(25)13-10-21-20(22-11-13)24-15-5-8-17-18(9-15)28-12-27-17/h3-11H,2,12H2,1H3,(H,23,25)(H,21,22,24). The van der Waals surface area contributed by atoms with Crippen LogP contribution in [0, 0.1) is 0 Å². The quantitative estimate of drug-likeness (QED) is 0.677. The van der Waals surface area contributed by atoms with E-state index in [1.54, 1.807) is 30.3 Å². The Bertz CT molecular complexity index is 975. The second-order valence-electron chi connectivity index (χ2n) is 5.90. The minimum Gasteiger partial charge on any atom is -0.494 e. The van der Waals surface area contributed by atoms with Crippen molar-refractivity contribution >= 4 is 23.2 Å². The molecule has 142 valence electrons. The molecule has 3 aromatic rings. The minimum atomic E-state index is -0.293. The Morgan fingerprint density at radius 3 is 2.50 bits per heavy atom. The molecule has 0 atom stereocenters. The van der Waals surface area contributed by atoms with Gasteiger partial charge in [-0.2, -0.15) is 0 Å². The van der Waals surface area contributed by atoms with Crippen molar-refractivity contribution in [2.45, 2.75) is 6.92 Å². The zero-order valence-electron chi connectivity index (χ0n) is 15.1. The number of rotatable bonds is 6. The smallest absolute Gasteiger partial charge is 0.258 e. The molecule has 0 aliphatic carbocycles. The molecule has 8 heteroatoms. The molecule has 4 rings (SSSR count). The van der Waals surface area contributed by atoms with Crippen LogP contribution in [0.15, 0.2) is 54.9 Å². The first-order valence-corrected chi connectivity index (χ1v) is 8.74. The van der Waals surface area contributed by atoms with Crippen LogP contribution in [0.1, 0.15) is 17.3 Å². The number of nitrogens with one attached hydrogen (secondary N) is 2. The first kappa shape index (κ1) is 17.6. The second kappa shape index (κ2) is 7.83. The maximum absolute atomic E-state index is 12.3. The Morgan fingerprint density at radius 2 is 1.75 bits per heavy atom. The maximum Gasteiger partial charge on any atom is 0.258 e. The van der Waals surface area contributed by atoms with E-state index in [-0.39, 0.29) is 12.7 Å². The van der Waals surface area contributed by atoms with Gasteiger partial charge in [0.05, 0.1) is 12.2 Å². The van der Waals surface area contributed by atoms with Crippen molar-refractivity contribution in [2.24, 2.45) is 0 Å². The normalized spacial score (nSPS) is 11.8. The molecule has 0 saturated carbocycles. The SMILES string of the molecule is CCOc1ccc(NC(=O)c2cnc(Nc3ccc4c(c3)OCO4)nc2)cc1. The highest BCUT2D eigenvalue weighted by Crippen LogP contribution is 2.34. The summed E-state index contributed by atoms with van der Waals surface area (Å²) in [5.74, 6) is 2.20. The summed E-state index contributed by atoms with van der Waals surface area (Å²) in [6.07, 6.45) is 2.93. The highest BCUT2D eigenvalue weighted by molar-refractivity contribution is 6.03. The molecule has 0 spiro atoms. The molecule has 2 heterocycles. The molecule has 1 aromatic heterocycles. The Balaban J connectivity index is 1.39. The molecule has 0 unspecified atom stereocenters. The molecule has 0 bridgehead atoms. The molecule has 1 aliphatic rings. The van der Waals surface area contributed by atoms with Gasteiger partial charge in [0.25, 0.3) is 5.91 Å². The van der Waals surface area contributed by atoms with Crippen LogP contribution < -0.4 is 24.8 Å². The van der Waals surface area contributed by atoms with E-state index in [4.69, 9.17) is 14.2 Å². The van der Waals surface area contributed by atoms with E-state index in [2.05, 4.69) is 20.6 Å². The van der Waals surface area contributed by atoms with Gasteiger partial charge in [0, 0.05) is 29.8 Å². The van der Waals surface area contributed by atoms with Crippen LogP contribution in [0.4, 0.5) is 17.3 Å². The summed E-state index contributed by atoms with van der Waals surface area (Å²) < 4.78 is 16.0. The molecule has 0 saturated heterocycles. The van der Waals surface area contributed by atoms with Crippen LogP contribution in [-0.4, -0.2) is 29.3 Å². The monoisotopic (exact) mass is 378 g/mol. The molecule has 1 amide bonds. The number of anilines is 3. The zero-order chi connectivity index (χ0) is 19.3. The summed E-state index contributed by atoms with van der Waals surface area (Å²) in [7, 11) is 0. The Hall–Kier alpha value is -3.81.